The smallest absolute Gasteiger partial charge is 0.407 e. The van der Waals surface area contributed by atoms with Crippen LogP contribution in [0.4, 0.5) is 4.79 Å². The lowest BCUT2D eigenvalue weighted by molar-refractivity contribution is -0.135. The first-order chi connectivity index (χ1) is 23.6. The van der Waals surface area contributed by atoms with Crippen LogP contribution < -0.4 is 5.32 Å². The van der Waals surface area contributed by atoms with Crippen molar-refractivity contribution < 1.29 is 19.1 Å². The third-order valence-electron chi connectivity index (χ3n) is 9.37. The van der Waals surface area contributed by atoms with Crippen LogP contribution in [0.3, 0.4) is 0 Å². The third-order valence-corrected chi connectivity index (χ3v) is 9.37. The zero-order chi connectivity index (χ0) is 34.7. The predicted octanol–water partition coefficient (Wildman–Crippen LogP) is 6.11. The molecule has 0 aliphatic carbocycles. The van der Waals surface area contributed by atoms with Gasteiger partial charge in [0.2, 0.25) is 11.8 Å². The topological polar surface area (TPSA) is 136 Å². The maximum absolute atomic E-state index is 13.5. The van der Waals surface area contributed by atoms with Crippen molar-refractivity contribution in [3.8, 4) is 23.0 Å². The van der Waals surface area contributed by atoms with Crippen LogP contribution in [-0.2, 0) is 14.3 Å². The standard InChI is InChI=1S/C38H45N7O4/c1-23(2)20-33(46)44-18-6-8-31(44)35-39-22-28(40-35)16-12-25-10-13-26(14-11-25)27-15-17-29-30(21-27)42-36(41-29)32-9-7-19-45(32)37(47)34(24(3)4)43-38(48)49-5/h10-11,13-15,17,21-24,31-32,34H,6-9,18-20H2,1-5H3,(H,39,40)(H,41,42)(H,43,48)/t31-,32-,34-/m0/s1. The van der Waals surface area contributed by atoms with Crippen LogP contribution >= 0.6 is 0 Å². The maximum Gasteiger partial charge on any atom is 0.407 e. The second kappa shape index (κ2) is 14.6. The number of hydrogen-bond acceptors (Lipinski definition) is 6. The van der Waals surface area contributed by atoms with Gasteiger partial charge in [-0.3, -0.25) is 9.59 Å². The molecule has 3 amide bonds. The Morgan fingerprint density at radius 2 is 1.61 bits per heavy atom. The lowest BCUT2D eigenvalue weighted by Gasteiger charge is -2.29. The molecule has 4 aromatic rings. The number of aromatic amines is 2. The summed E-state index contributed by atoms with van der Waals surface area (Å²) in [7, 11) is 1.29. The van der Waals surface area contributed by atoms with Crippen molar-refractivity contribution in [2.24, 2.45) is 11.8 Å². The highest BCUT2D eigenvalue weighted by Crippen LogP contribution is 2.34. The van der Waals surface area contributed by atoms with Crippen molar-refractivity contribution in [2.75, 3.05) is 20.2 Å². The summed E-state index contributed by atoms with van der Waals surface area (Å²) < 4.78 is 4.75. The van der Waals surface area contributed by atoms with Gasteiger partial charge in [0.1, 0.15) is 23.4 Å². The monoisotopic (exact) mass is 663 g/mol. The summed E-state index contributed by atoms with van der Waals surface area (Å²) >= 11 is 0. The van der Waals surface area contributed by atoms with Crippen molar-refractivity contribution >= 4 is 28.9 Å². The van der Waals surface area contributed by atoms with Gasteiger partial charge in [0.25, 0.3) is 0 Å². The zero-order valence-corrected chi connectivity index (χ0v) is 28.9. The molecule has 256 valence electrons. The highest BCUT2D eigenvalue weighted by molar-refractivity contribution is 5.87. The van der Waals surface area contributed by atoms with E-state index < -0.39 is 12.1 Å². The molecule has 2 aliphatic rings. The number of H-pyrrole nitrogens is 2. The first-order valence-electron chi connectivity index (χ1n) is 17.2. The minimum Gasteiger partial charge on any atom is -0.453 e. The quantitative estimate of drug-likeness (QED) is 0.195. The van der Waals surface area contributed by atoms with Crippen LogP contribution in [0.1, 0.15) is 94.8 Å². The molecule has 2 aromatic carbocycles. The molecule has 2 aliphatic heterocycles. The molecule has 2 saturated heterocycles. The van der Waals surface area contributed by atoms with E-state index in [1.807, 2.05) is 47.9 Å². The summed E-state index contributed by atoms with van der Waals surface area (Å²) in [5.74, 6) is 8.25. The van der Waals surface area contributed by atoms with Crippen molar-refractivity contribution in [1.29, 1.82) is 0 Å². The van der Waals surface area contributed by atoms with Crippen LogP contribution in [0.5, 0.6) is 0 Å². The van der Waals surface area contributed by atoms with Gasteiger partial charge in [-0.05, 0) is 78.8 Å². The highest BCUT2D eigenvalue weighted by atomic mass is 16.5. The second-order valence-corrected chi connectivity index (χ2v) is 13.8. The Kier molecular flexibility index (Phi) is 10.0. The molecule has 6 rings (SSSR count). The molecule has 2 fully saturated rings. The number of nitrogens with zero attached hydrogens (tertiary/aromatic N) is 4. The van der Waals surface area contributed by atoms with Gasteiger partial charge in [0.05, 0.1) is 36.4 Å². The molecular weight excluding hydrogens is 618 g/mol. The number of benzene rings is 2. The van der Waals surface area contributed by atoms with Gasteiger partial charge in [0.15, 0.2) is 0 Å². The van der Waals surface area contributed by atoms with E-state index in [1.165, 1.54) is 7.11 Å². The van der Waals surface area contributed by atoms with Crippen molar-refractivity contribution in [3.05, 3.63) is 71.6 Å². The Morgan fingerprint density at radius 1 is 0.918 bits per heavy atom. The molecule has 11 heteroatoms. The van der Waals surface area contributed by atoms with E-state index in [1.54, 1.807) is 6.20 Å². The van der Waals surface area contributed by atoms with E-state index in [-0.39, 0.29) is 29.8 Å². The van der Waals surface area contributed by atoms with E-state index in [0.29, 0.717) is 18.9 Å². The molecule has 0 spiro atoms. The molecule has 0 saturated carbocycles. The van der Waals surface area contributed by atoms with E-state index in [2.05, 4.69) is 64.2 Å². The first kappa shape index (κ1) is 33.8. The molecule has 11 nitrogen and oxygen atoms in total. The lowest BCUT2D eigenvalue weighted by atomic mass is 10.0. The van der Waals surface area contributed by atoms with Gasteiger partial charge in [0, 0.05) is 25.1 Å². The minimum atomic E-state index is -0.678. The first-order valence-corrected chi connectivity index (χ1v) is 17.2. The second-order valence-electron chi connectivity index (χ2n) is 13.8. The number of carbonyl (C=O) groups excluding carboxylic acids is 3. The van der Waals surface area contributed by atoms with E-state index in [4.69, 9.17) is 9.72 Å². The van der Waals surface area contributed by atoms with Gasteiger partial charge in [-0.1, -0.05) is 51.8 Å². The van der Waals surface area contributed by atoms with Gasteiger partial charge in [-0.15, -0.1) is 0 Å². The third kappa shape index (κ3) is 7.48. The Hall–Kier alpha value is -5.11. The minimum absolute atomic E-state index is 0.0171. The fraction of sp³-hybridized carbons (Fsp3) is 0.447. The van der Waals surface area contributed by atoms with Crippen molar-refractivity contribution in [1.82, 2.24) is 35.1 Å². The fourth-order valence-electron chi connectivity index (χ4n) is 6.83. The average Bonchev–Trinajstić information content (AvgIpc) is 3.91. The molecule has 4 heterocycles. The van der Waals surface area contributed by atoms with E-state index in [0.717, 1.165) is 77.3 Å². The van der Waals surface area contributed by atoms with Crippen LogP contribution in [0.25, 0.3) is 22.2 Å². The summed E-state index contributed by atoms with van der Waals surface area (Å²) in [5.41, 5.74) is 5.42. The van der Waals surface area contributed by atoms with Crippen molar-refractivity contribution in [3.63, 3.8) is 0 Å². The van der Waals surface area contributed by atoms with Crippen LogP contribution in [0.15, 0.2) is 48.7 Å². The Labute approximate surface area is 287 Å². The van der Waals surface area contributed by atoms with Crippen LogP contribution in [0, 0.1) is 23.7 Å². The molecule has 0 unspecified atom stereocenters. The zero-order valence-electron chi connectivity index (χ0n) is 28.9. The molecule has 2 aromatic heterocycles. The normalized spacial score (nSPS) is 18.2. The van der Waals surface area contributed by atoms with Crippen molar-refractivity contribution in [2.45, 2.75) is 77.9 Å². The number of hydrogen-bond donors (Lipinski definition) is 3. The summed E-state index contributed by atoms with van der Waals surface area (Å²) in [6, 6.07) is 13.3. The number of carbonyl (C=O) groups is 3. The summed E-state index contributed by atoms with van der Waals surface area (Å²) in [6.45, 7) is 9.33. The average molecular weight is 664 g/mol. The Morgan fingerprint density at radius 3 is 2.31 bits per heavy atom. The van der Waals surface area contributed by atoms with Gasteiger partial charge in [-0.25, -0.2) is 14.8 Å². The van der Waals surface area contributed by atoms with Gasteiger partial charge >= 0.3 is 6.09 Å². The summed E-state index contributed by atoms with van der Waals surface area (Å²) in [6.07, 6.45) is 5.22. The van der Waals surface area contributed by atoms with E-state index in [9.17, 15) is 14.4 Å². The van der Waals surface area contributed by atoms with Crippen LogP contribution in [-0.4, -0.2) is 73.9 Å². The molecule has 3 atom stereocenters. The molecular formula is C38H45N7O4. The molecule has 0 bridgehead atoms. The number of nitrogens with one attached hydrogen (secondary N) is 3. The number of aromatic nitrogens is 4. The molecule has 0 radical (unpaired) electrons. The highest BCUT2D eigenvalue weighted by Gasteiger charge is 2.37. The lowest BCUT2D eigenvalue weighted by Crippen LogP contribution is -2.51. The van der Waals surface area contributed by atoms with E-state index >= 15 is 0 Å². The largest absolute Gasteiger partial charge is 0.453 e. The molecule has 3 N–H and O–H groups in total. The number of imidazole rings is 2. The number of ether oxygens (including phenoxy) is 1. The van der Waals surface area contributed by atoms with Crippen LogP contribution in [0.2, 0.25) is 0 Å². The number of fused-ring (bicyclic) bond motifs is 1. The number of amides is 3. The molecule has 49 heavy (non-hydrogen) atoms. The predicted molar refractivity (Wildman–Crippen MR) is 187 cm³/mol. The number of methoxy groups -OCH3 is 1. The SMILES string of the molecule is COC(=O)N[C@H](C(=O)N1CCC[C@H]1c1nc2ccc(-c3ccc(C#Cc4cnc([C@@H]5CCCN5C(=O)CC(C)C)[nH]4)cc3)cc2[nH]1)C(C)C. The number of likely N-dealkylation sites (tertiary alicyclic amines) is 2. The van der Waals surface area contributed by atoms with Gasteiger partial charge < -0.3 is 29.8 Å². The number of alkyl carbamates (subject to hydrolysis) is 1. The summed E-state index contributed by atoms with van der Waals surface area (Å²) in [5, 5.41) is 2.70. The Bertz CT molecular complexity index is 1880. The number of rotatable bonds is 8. The summed E-state index contributed by atoms with van der Waals surface area (Å²) in [4.78, 5) is 58.2. The maximum atomic E-state index is 13.5. The van der Waals surface area contributed by atoms with Gasteiger partial charge in [-0.2, -0.15) is 0 Å². The fourth-order valence-corrected chi connectivity index (χ4v) is 6.83. The Balaban J connectivity index is 1.13.